The van der Waals surface area contributed by atoms with Crippen molar-refractivity contribution in [2.75, 3.05) is 5.73 Å². The number of nitrogen functional groups attached to an aromatic ring is 1. The monoisotopic (exact) mass is 278 g/mol. The number of hydrogen-bond acceptors (Lipinski definition) is 9. The summed E-state index contributed by atoms with van der Waals surface area (Å²) in [5.74, 6) is 0.516. The van der Waals surface area contributed by atoms with E-state index in [2.05, 4.69) is 29.4 Å². The molecule has 0 unspecified atom stereocenters. The highest BCUT2D eigenvalue weighted by Gasteiger charge is 2.09. The van der Waals surface area contributed by atoms with Crippen molar-refractivity contribution >= 4 is 29.2 Å². The van der Waals surface area contributed by atoms with Gasteiger partial charge in [0, 0.05) is 12.4 Å². The molecule has 0 aromatic carbocycles. The summed E-state index contributed by atoms with van der Waals surface area (Å²) in [6.07, 6.45) is 4.84. The lowest BCUT2D eigenvalue weighted by molar-refractivity contribution is 0.764. The molecular formula is C8H6N8S2. The zero-order valence-corrected chi connectivity index (χ0v) is 10.5. The number of nitrogens with two attached hydrogens (primary N) is 1. The minimum absolute atomic E-state index is 0.141. The first-order valence-corrected chi connectivity index (χ1v) is 6.36. The summed E-state index contributed by atoms with van der Waals surface area (Å²) in [7, 11) is 0. The van der Waals surface area contributed by atoms with E-state index in [9.17, 15) is 0 Å². The van der Waals surface area contributed by atoms with Crippen molar-refractivity contribution in [3.05, 3.63) is 24.8 Å². The van der Waals surface area contributed by atoms with Gasteiger partial charge in [0.05, 0.1) is 0 Å². The molecule has 0 bridgehead atoms. The van der Waals surface area contributed by atoms with E-state index in [1.807, 2.05) is 0 Å². The molecule has 0 amide bonds. The third kappa shape index (κ3) is 2.28. The summed E-state index contributed by atoms with van der Waals surface area (Å²) in [4.78, 5) is 16.3. The van der Waals surface area contributed by atoms with Crippen molar-refractivity contribution in [3.63, 3.8) is 0 Å². The van der Waals surface area contributed by atoms with Gasteiger partial charge in [0.25, 0.3) is 5.95 Å². The van der Waals surface area contributed by atoms with Crippen LogP contribution in [0, 0.1) is 0 Å². The van der Waals surface area contributed by atoms with Gasteiger partial charge in [0.1, 0.15) is 6.33 Å². The van der Waals surface area contributed by atoms with E-state index in [0.717, 1.165) is 4.34 Å². The summed E-state index contributed by atoms with van der Waals surface area (Å²) in [6.45, 7) is 0. The van der Waals surface area contributed by atoms with Crippen LogP contribution < -0.4 is 5.73 Å². The Balaban J connectivity index is 1.96. The lowest BCUT2D eigenvalue weighted by atomic mass is 10.7. The minimum atomic E-state index is 0.141. The van der Waals surface area contributed by atoms with Crippen molar-refractivity contribution < 1.29 is 0 Å². The average Bonchev–Trinajstić information content (AvgIpc) is 3.00. The van der Waals surface area contributed by atoms with Crippen LogP contribution in [-0.2, 0) is 0 Å². The first-order valence-electron chi connectivity index (χ1n) is 4.77. The fourth-order valence-corrected chi connectivity index (χ4v) is 2.49. The molecule has 0 saturated carbocycles. The van der Waals surface area contributed by atoms with Crippen molar-refractivity contribution in [1.82, 2.24) is 34.1 Å². The normalized spacial score (nSPS) is 10.7. The highest BCUT2D eigenvalue weighted by molar-refractivity contribution is 8.00. The topological polar surface area (TPSA) is 108 Å². The zero-order chi connectivity index (χ0) is 12.4. The summed E-state index contributed by atoms with van der Waals surface area (Å²) < 4.78 is 6.16. The number of nitrogens with zero attached hydrogens (tertiary/aromatic N) is 7. The number of hydrogen-bond donors (Lipinski definition) is 1. The molecule has 0 spiro atoms. The molecule has 0 aliphatic rings. The van der Waals surface area contributed by atoms with E-state index in [-0.39, 0.29) is 5.95 Å². The van der Waals surface area contributed by atoms with Gasteiger partial charge in [0.2, 0.25) is 11.1 Å². The molecule has 0 fully saturated rings. The maximum Gasteiger partial charge on any atom is 0.256 e. The predicted molar refractivity (Wildman–Crippen MR) is 65.4 cm³/mol. The second-order valence-electron chi connectivity index (χ2n) is 3.04. The van der Waals surface area contributed by atoms with Crippen LogP contribution in [-0.4, -0.2) is 34.1 Å². The summed E-state index contributed by atoms with van der Waals surface area (Å²) in [6, 6.07) is 1.78. The Morgan fingerprint density at radius 3 is 2.94 bits per heavy atom. The third-order valence-electron chi connectivity index (χ3n) is 1.85. The molecule has 90 valence electrons. The standard InChI is InChI=1S/C8H6N8S2/c9-5-13-6(16-3-1-2-11-16)15-7(14-5)17-8-10-4-12-18-8/h1-4H,(H2,9,13,14,15). The van der Waals surface area contributed by atoms with Crippen molar-refractivity contribution in [2.24, 2.45) is 0 Å². The molecule has 3 heterocycles. The quantitative estimate of drug-likeness (QED) is 0.743. The van der Waals surface area contributed by atoms with Gasteiger partial charge < -0.3 is 5.73 Å². The highest BCUT2D eigenvalue weighted by atomic mass is 32.2. The van der Waals surface area contributed by atoms with Gasteiger partial charge in [-0.15, -0.1) is 0 Å². The van der Waals surface area contributed by atoms with Crippen molar-refractivity contribution in [2.45, 2.75) is 9.50 Å². The molecule has 0 saturated heterocycles. The average molecular weight is 278 g/mol. The molecule has 0 aliphatic heterocycles. The molecule has 3 aromatic heterocycles. The van der Waals surface area contributed by atoms with E-state index >= 15 is 0 Å². The van der Waals surface area contributed by atoms with Gasteiger partial charge in [-0.05, 0) is 29.4 Å². The first-order chi connectivity index (χ1) is 8.81. The Labute approximate surface area is 109 Å². The molecule has 10 heteroatoms. The summed E-state index contributed by atoms with van der Waals surface area (Å²) in [5, 5.41) is 4.50. The smallest absolute Gasteiger partial charge is 0.256 e. The van der Waals surface area contributed by atoms with Crippen LogP contribution >= 0.6 is 23.3 Å². The highest BCUT2D eigenvalue weighted by Crippen LogP contribution is 2.25. The molecule has 0 atom stereocenters. The van der Waals surface area contributed by atoms with Crippen LogP contribution in [0.4, 0.5) is 5.95 Å². The largest absolute Gasteiger partial charge is 0.368 e. The van der Waals surface area contributed by atoms with Crippen LogP contribution in [0.15, 0.2) is 34.3 Å². The van der Waals surface area contributed by atoms with Crippen LogP contribution in [0.3, 0.4) is 0 Å². The van der Waals surface area contributed by atoms with E-state index in [1.54, 1.807) is 18.5 Å². The van der Waals surface area contributed by atoms with Crippen LogP contribution in [0.1, 0.15) is 0 Å². The Hall–Kier alpha value is -2.07. The molecule has 3 aromatic rings. The second-order valence-corrected chi connectivity index (χ2v) is 5.03. The summed E-state index contributed by atoms with van der Waals surface area (Å²) >= 11 is 2.55. The number of rotatable bonds is 3. The minimum Gasteiger partial charge on any atom is -0.368 e. The van der Waals surface area contributed by atoms with E-state index in [1.165, 1.54) is 34.3 Å². The Bertz CT molecular complexity index is 635. The third-order valence-corrected chi connectivity index (χ3v) is 3.43. The molecule has 0 aliphatic carbocycles. The number of anilines is 1. The van der Waals surface area contributed by atoms with Crippen molar-refractivity contribution in [3.8, 4) is 5.95 Å². The van der Waals surface area contributed by atoms with E-state index in [4.69, 9.17) is 5.73 Å². The van der Waals surface area contributed by atoms with Gasteiger partial charge in [-0.3, -0.25) is 0 Å². The molecular weight excluding hydrogens is 272 g/mol. The first kappa shape index (κ1) is 11.0. The SMILES string of the molecule is Nc1nc(Sc2ncns2)nc(-n2cccn2)n1. The Morgan fingerprint density at radius 1 is 1.28 bits per heavy atom. The number of aromatic nitrogens is 7. The van der Waals surface area contributed by atoms with Gasteiger partial charge in [0.15, 0.2) is 4.34 Å². The fourth-order valence-electron chi connectivity index (χ4n) is 1.18. The molecule has 2 N–H and O–H groups in total. The van der Waals surface area contributed by atoms with Crippen LogP contribution in [0.2, 0.25) is 0 Å². The molecule has 3 rings (SSSR count). The van der Waals surface area contributed by atoms with Crippen molar-refractivity contribution in [1.29, 1.82) is 0 Å². The van der Waals surface area contributed by atoms with Gasteiger partial charge in [-0.1, -0.05) is 0 Å². The van der Waals surface area contributed by atoms with E-state index < -0.39 is 0 Å². The lowest BCUT2D eigenvalue weighted by Crippen LogP contribution is -2.07. The maximum atomic E-state index is 5.65. The maximum absolute atomic E-state index is 5.65. The zero-order valence-electron chi connectivity index (χ0n) is 8.83. The predicted octanol–water partition coefficient (Wildman–Crippen LogP) is 0.642. The van der Waals surface area contributed by atoms with Crippen LogP contribution in [0.5, 0.6) is 0 Å². The van der Waals surface area contributed by atoms with Gasteiger partial charge >= 0.3 is 0 Å². The second kappa shape index (κ2) is 4.66. The lowest BCUT2D eigenvalue weighted by Gasteiger charge is -2.02. The Kier molecular flexibility index (Phi) is 2.86. The van der Waals surface area contributed by atoms with Gasteiger partial charge in [-0.25, -0.2) is 9.67 Å². The fraction of sp³-hybridized carbons (Fsp3) is 0. The van der Waals surface area contributed by atoms with Gasteiger partial charge in [-0.2, -0.15) is 24.4 Å². The van der Waals surface area contributed by atoms with E-state index in [0.29, 0.717) is 11.1 Å². The molecule has 18 heavy (non-hydrogen) atoms. The Morgan fingerprint density at radius 2 is 2.22 bits per heavy atom. The summed E-state index contributed by atoms with van der Waals surface area (Å²) in [5.41, 5.74) is 5.65. The molecule has 0 radical (unpaired) electrons. The van der Waals surface area contributed by atoms with Crippen LogP contribution in [0.25, 0.3) is 5.95 Å². The molecule has 8 nitrogen and oxygen atoms in total.